The molecule has 0 bridgehead atoms. The summed E-state index contributed by atoms with van der Waals surface area (Å²) in [6.45, 7) is 5.33. The van der Waals surface area contributed by atoms with E-state index < -0.39 is 4.92 Å². The summed E-state index contributed by atoms with van der Waals surface area (Å²) in [6, 6.07) is 3.19. The number of piperazine rings is 1. The highest BCUT2D eigenvalue weighted by atomic mass is 16.6. The summed E-state index contributed by atoms with van der Waals surface area (Å²) in [4.78, 5) is 24.5. The minimum absolute atomic E-state index is 0.0702. The van der Waals surface area contributed by atoms with Crippen molar-refractivity contribution < 1.29 is 9.72 Å². The van der Waals surface area contributed by atoms with E-state index in [0.29, 0.717) is 12.2 Å². The molecule has 19 heavy (non-hydrogen) atoms. The summed E-state index contributed by atoms with van der Waals surface area (Å²) in [7, 11) is 1.54. The fraction of sp³-hybridized carbons (Fsp3) is 0.583. The molecular weight excluding hydrogens is 248 g/mol. The zero-order chi connectivity index (χ0) is 14.2. The number of carbonyl (C=O) groups is 1. The lowest BCUT2D eigenvalue weighted by Gasteiger charge is -2.37. The van der Waals surface area contributed by atoms with E-state index in [9.17, 15) is 14.9 Å². The largest absolute Gasteiger partial charge is 0.358 e. The molecule has 2 unspecified atom stereocenters. The summed E-state index contributed by atoms with van der Waals surface area (Å²) in [6.07, 6.45) is 0. The van der Waals surface area contributed by atoms with Gasteiger partial charge in [0.1, 0.15) is 0 Å². The van der Waals surface area contributed by atoms with Gasteiger partial charge in [0.15, 0.2) is 5.69 Å². The van der Waals surface area contributed by atoms with Gasteiger partial charge in [0.25, 0.3) is 5.91 Å². The Morgan fingerprint density at radius 1 is 1.47 bits per heavy atom. The molecule has 1 aliphatic rings. The Bertz CT molecular complexity index is 511. The van der Waals surface area contributed by atoms with Crippen molar-refractivity contribution in [3.05, 3.63) is 27.9 Å². The minimum atomic E-state index is -0.486. The van der Waals surface area contributed by atoms with Gasteiger partial charge in [-0.15, -0.1) is 0 Å². The first kappa shape index (κ1) is 13.5. The second-order valence-corrected chi connectivity index (χ2v) is 5.01. The van der Waals surface area contributed by atoms with E-state index in [4.69, 9.17) is 0 Å². The van der Waals surface area contributed by atoms with Crippen molar-refractivity contribution in [2.24, 2.45) is 7.05 Å². The van der Waals surface area contributed by atoms with Crippen molar-refractivity contribution in [2.75, 3.05) is 13.1 Å². The first-order valence-electron chi connectivity index (χ1n) is 6.26. The van der Waals surface area contributed by atoms with Gasteiger partial charge >= 0.3 is 5.82 Å². The third-order valence-electron chi connectivity index (χ3n) is 3.53. The fourth-order valence-electron chi connectivity index (χ4n) is 2.35. The smallest absolute Gasteiger partial charge is 0.323 e. The van der Waals surface area contributed by atoms with Gasteiger partial charge in [-0.05, 0) is 24.8 Å². The van der Waals surface area contributed by atoms with Gasteiger partial charge in [-0.3, -0.25) is 4.79 Å². The highest BCUT2D eigenvalue weighted by Gasteiger charge is 2.31. The summed E-state index contributed by atoms with van der Waals surface area (Å²) in [5.41, 5.74) is 0.354. The molecule has 0 aliphatic carbocycles. The lowest BCUT2D eigenvalue weighted by Crippen LogP contribution is -2.56. The molecule has 1 saturated heterocycles. The van der Waals surface area contributed by atoms with Crippen LogP contribution in [0.2, 0.25) is 0 Å². The van der Waals surface area contributed by atoms with Gasteiger partial charge in [-0.25, -0.2) is 4.57 Å². The molecule has 1 aromatic heterocycles. The molecule has 7 nitrogen and oxygen atoms in total. The molecule has 2 heterocycles. The zero-order valence-electron chi connectivity index (χ0n) is 11.3. The van der Waals surface area contributed by atoms with Crippen LogP contribution in [-0.2, 0) is 7.05 Å². The van der Waals surface area contributed by atoms with Crippen LogP contribution in [0.15, 0.2) is 12.1 Å². The molecule has 0 saturated carbocycles. The number of nitrogens with one attached hydrogen (secondary N) is 1. The van der Waals surface area contributed by atoms with Crippen LogP contribution in [-0.4, -0.2) is 45.5 Å². The topological polar surface area (TPSA) is 80.4 Å². The van der Waals surface area contributed by atoms with Crippen molar-refractivity contribution in [1.82, 2.24) is 14.8 Å². The molecule has 0 spiro atoms. The molecule has 0 radical (unpaired) electrons. The van der Waals surface area contributed by atoms with Gasteiger partial charge < -0.3 is 20.3 Å². The number of carbonyl (C=O) groups excluding carboxylic acids is 1. The van der Waals surface area contributed by atoms with E-state index in [1.165, 1.54) is 16.7 Å². The second-order valence-electron chi connectivity index (χ2n) is 5.01. The Hall–Kier alpha value is -1.89. The summed E-state index contributed by atoms with van der Waals surface area (Å²) in [5.74, 6) is -0.226. The molecule has 1 N–H and O–H groups in total. The maximum Gasteiger partial charge on any atom is 0.323 e. The molecule has 1 aliphatic heterocycles. The van der Waals surface area contributed by atoms with Crippen LogP contribution in [0.3, 0.4) is 0 Å². The molecule has 1 aromatic rings. The zero-order valence-corrected chi connectivity index (χ0v) is 11.3. The molecule has 1 fully saturated rings. The summed E-state index contributed by atoms with van der Waals surface area (Å²) < 4.78 is 1.34. The average molecular weight is 266 g/mol. The Balaban J connectivity index is 2.26. The standard InChI is InChI=1S/C12H18N4O3/c1-8-7-15(9(2)6-13-8)12(17)10-4-5-11(14(10)3)16(18)19/h4-5,8-9,13H,6-7H2,1-3H3. The van der Waals surface area contributed by atoms with Crippen molar-refractivity contribution in [3.63, 3.8) is 0 Å². The summed E-state index contributed by atoms with van der Waals surface area (Å²) in [5, 5.41) is 14.1. The Morgan fingerprint density at radius 2 is 2.16 bits per heavy atom. The molecule has 1 amide bonds. The van der Waals surface area contributed by atoms with E-state index in [2.05, 4.69) is 5.32 Å². The number of nitro groups is 1. The lowest BCUT2D eigenvalue weighted by molar-refractivity contribution is -0.391. The van der Waals surface area contributed by atoms with Crippen LogP contribution < -0.4 is 5.32 Å². The van der Waals surface area contributed by atoms with Gasteiger partial charge in [-0.2, -0.15) is 0 Å². The van der Waals surface area contributed by atoms with Crippen molar-refractivity contribution in [1.29, 1.82) is 0 Å². The quantitative estimate of drug-likeness (QED) is 0.633. The van der Waals surface area contributed by atoms with Gasteiger partial charge in [-0.1, -0.05) is 0 Å². The fourth-order valence-corrected chi connectivity index (χ4v) is 2.35. The number of amides is 1. The lowest BCUT2D eigenvalue weighted by atomic mass is 10.1. The van der Waals surface area contributed by atoms with Crippen LogP contribution in [0.5, 0.6) is 0 Å². The Morgan fingerprint density at radius 3 is 2.74 bits per heavy atom. The maximum absolute atomic E-state index is 12.5. The number of nitrogens with zero attached hydrogens (tertiary/aromatic N) is 3. The summed E-state index contributed by atoms with van der Waals surface area (Å²) >= 11 is 0. The minimum Gasteiger partial charge on any atom is -0.358 e. The third kappa shape index (κ3) is 2.46. The predicted molar refractivity (Wildman–Crippen MR) is 70.0 cm³/mol. The first-order valence-corrected chi connectivity index (χ1v) is 6.26. The number of aromatic nitrogens is 1. The Kier molecular flexibility index (Phi) is 3.57. The van der Waals surface area contributed by atoms with Crippen LogP contribution in [0.4, 0.5) is 5.82 Å². The monoisotopic (exact) mass is 266 g/mol. The van der Waals surface area contributed by atoms with E-state index in [1.807, 2.05) is 13.8 Å². The van der Waals surface area contributed by atoms with Gasteiger partial charge in [0, 0.05) is 31.2 Å². The average Bonchev–Trinajstić information content (AvgIpc) is 2.73. The highest BCUT2D eigenvalue weighted by Crippen LogP contribution is 2.18. The molecule has 0 aromatic carbocycles. The molecule has 104 valence electrons. The van der Waals surface area contributed by atoms with E-state index in [-0.39, 0.29) is 23.8 Å². The molecule has 7 heteroatoms. The number of hydrogen-bond donors (Lipinski definition) is 1. The van der Waals surface area contributed by atoms with E-state index in [0.717, 1.165) is 6.54 Å². The second kappa shape index (κ2) is 5.00. The van der Waals surface area contributed by atoms with Gasteiger partial charge in [0.2, 0.25) is 0 Å². The van der Waals surface area contributed by atoms with E-state index in [1.54, 1.807) is 11.9 Å². The van der Waals surface area contributed by atoms with Gasteiger partial charge in [0.05, 0.1) is 7.05 Å². The van der Waals surface area contributed by atoms with Crippen LogP contribution >= 0.6 is 0 Å². The van der Waals surface area contributed by atoms with Crippen molar-refractivity contribution >= 4 is 11.7 Å². The first-order chi connectivity index (χ1) is 8.91. The maximum atomic E-state index is 12.5. The van der Waals surface area contributed by atoms with Crippen LogP contribution in [0.1, 0.15) is 24.3 Å². The number of rotatable bonds is 2. The van der Waals surface area contributed by atoms with Crippen molar-refractivity contribution in [2.45, 2.75) is 25.9 Å². The van der Waals surface area contributed by atoms with E-state index >= 15 is 0 Å². The third-order valence-corrected chi connectivity index (χ3v) is 3.53. The molecular formula is C12H18N4O3. The highest BCUT2D eigenvalue weighted by molar-refractivity contribution is 5.93. The van der Waals surface area contributed by atoms with Crippen LogP contribution in [0.25, 0.3) is 0 Å². The Labute approximate surface area is 111 Å². The normalized spacial score (nSPS) is 23.4. The van der Waals surface area contributed by atoms with Crippen LogP contribution in [0, 0.1) is 10.1 Å². The number of hydrogen-bond acceptors (Lipinski definition) is 4. The molecule has 2 rings (SSSR count). The molecule has 2 atom stereocenters. The SMILES string of the molecule is CC1CN(C(=O)c2ccc([N+](=O)[O-])n2C)C(C)CN1. The predicted octanol–water partition coefficient (Wildman–Crippen LogP) is 0.756. The van der Waals surface area contributed by atoms with Crippen molar-refractivity contribution in [3.8, 4) is 0 Å².